The molecule has 0 aromatic rings. The Bertz CT molecular complexity index is 100. The summed E-state index contributed by atoms with van der Waals surface area (Å²) in [5.41, 5.74) is 0. The Kier molecular flexibility index (Phi) is 11.8. The van der Waals surface area contributed by atoms with E-state index in [0.717, 1.165) is 6.61 Å². The molecule has 2 heteroatoms. The molecule has 0 spiro atoms. The molecule has 86 valence electrons. The summed E-state index contributed by atoms with van der Waals surface area (Å²) in [5, 5.41) is 0. The van der Waals surface area contributed by atoms with E-state index in [4.69, 9.17) is 4.52 Å². The van der Waals surface area contributed by atoms with Gasteiger partial charge >= 0.3 is 0 Å². The minimum absolute atomic E-state index is 0.0817. The van der Waals surface area contributed by atoms with Crippen LogP contribution in [0.3, 0.4) is 0 Å². The third-order valence-electron chi connectivity index (χ3n) is 2.22. The molecule has 14 heavy (non-hydrogen) atoms. The van der Waals surface area contributed by atoms with E-state index in [-0.39, 0.29) is 8.15 Å². The van der Waals surface area contributed by atoms with Gasteiger partial charge in [-0.3, -0.25) is 0 Å². The van der Waals surface area contributed by atoms with Crippen molar-refractivity contribution < 1.29 is 4.52 Å². The number of hydrogen-bond donors (Lipinski definition) is 0. The molecule has 0 saturated carbocycles. The van der Waals surface area contributed by atoms with Crippen molar-refractivity contribution in [3.05, 3.63) is 0 Å². The first-order valence-electron chi connectivity index (χ1n) is 6.23. The fraction of sp³-hybridized carbons (Fsp3) is 1.00. The van der Waals surface area contributed by atoms with E-state index < -0.39 is 0 Å². The summed E-state index contributed by atoms with van der Waals surface area (Å²) in [4.78, 5) is 0. The minimum Gasteiger partial charge on any atom is -0.359 e. The van der Waals surface area contributed by atoms with Crippen molar-refractivity contribution in [2.24, 2.45) is 0 Å². The summed E-state index contributed by atoms with van der Waals surface area (Å²) in [5.74, 6) is 0. The molecule has 0 atom stereocenters. The van der Waals surface area contributed by atoms with Gasteiger partial charge in [0.1, 0.15) is 0 Å². The molecule has 0 fully saturated rings. The van der Waals surface area contributed by atoms with Gasteiger partial charge in [-0.05, 0) is 18.7 Å². The van der Waals surface area contributed by atoms with E-state index in [1.807, 2.05) is 0 Å². The Labute approximate surface area is 91.5 Å². The molecule has 0 aliphatic carbocycles. The topological polar surface area (TPSA) is 9.23 Å². The average molecular weight is 218 g/mol. The van der Waals surface area contributed by atoms with Crippen LogP contribution in [0, 0.1) is 0 Å². The predicted molar refractivity (Wildman–Crippen MR) is 67.3 cm³/mol. The van der Waals surface area contributed by atoms with Crippen LogP contribution in [0.2, 0.25) is 0 Å². The quantitative estimate of drug-likeness (QED) is 0.378. The van der Waals surface area contributed by atoms with Crippen molar-refractivity contribution >= 4 is 8.15 Å². The lowest BCUT2D eigenvalue weighted by molar-refractivity contribution is 0.335. The van der Waals surface area contributed by atoms with Gasteiger partial charge in [0.25, 0.3) is 0 Å². The van der Waals surface area contributed by atoms with E-state index in [2.05, 4.69) is 20.8 Å². The lowest BCUT2D eigenvalue weighted by Crippen LogP contribution is -1.96. The third kappa shape index (κ3) is 8.97. The van der Waals surface area contributed by atoms with E-state index in [0.29, 0.717) is 0 Å². The second-order valence-electron chi connectivity index (χ2n) is 3.82. The van der Waals surface area contributed by atoms with Crippen LogP contribution in [0.1, 0.15) is 59.3 Å². The third-order valence-corrected chi connectivity index (χ3v) is 4.66. The molecule has 0 aromatic carbocycles. The van der Waals surface area contributed by atoms with Crippen LogP contribution in [-0.4, -0.2) is 18.9 Å². The van der Waals surface area contributed by atoms with E-state index in [1.165, 1.54) is 50.8 Å². The molecule has 0 unspecified atom stereocenters. The second-order valence-corrected chi connectivity index (χ2v) is 5.94. The molecule has 1 nitrogen and oxygen atoms in total. The lowest BCUT2D eigenvalue weighted by atomic mass is 10.2. The SMILES string of the molecule is CCCCCCOP(CCC)CCC. The van der Waals surface area contributed by atoms with E-state index in [1.54, 1.807) is 0 Å². The van der Waals surface area contributed by atoms with Crippen molar-refractivity contribution in [2.45, 2.75) is 59.3 Å². The van der Waals surface area contributed by atoms with Crippen LogP contribution < -0.4 is 0 Å². The zero-order chi connectivity index (χ0) is 10.6. The van der Waals surface area contributed by atoms with Gasteiger partial charge in [0.05, 0.1) is 6.61 Å². The first-order valence-corrected chi connectivity index (χ1v) is 7.86. The van der Waals surface area contributed by atoms with Gasteiger partial charge < -0.3 is 4.52 Å². The molecule has 0 saturated heterocycles. The normalized spacial score (nSPS) is 11.1. The highest BCUT2D eigenvalue weighted by molar-refractivity contribution is 7.52. The number of hydrogen-bond acceptors (Lipinski definition) is 1. The first-order chi connectivity index (χ1) is 6.85. The van der Waals surface area contributed by atoms with Crippen LogP contribution >= 0.6 is 8.15 Å². The molecule has 0 rings (SSSR count). The largest absolute Gasteiger partial charge is 0.359 e. The Morgan fingerprint density at radius 1 is 0.786 bits per heavy atom. The van der Waals surface area contributed by atoms with Crippen LogP contribution in [0.5, 0.6) is 0 Å². The van der Waals surface area contributed by atoms with Crippen LogP contribution in [0.15, 0.2) is 0 Å². The van der Waals surface area contributed by atoms with Gasteiger partial charge in [-0.1, -0.05) is 52.9 Å². The Hall–Kier alpha value is 0.390. The Balaban J connectivity index is 3.30. The second kappa shape index (κ2) is 11.5. The van der Waals surface area contributed by atoms with Gasteiger partial charge in [0.15, 0.2) is 0 Å². The zero-order valence-corrected chi connectivity index (χ0v) is 11.1. The molecular weight excluding hydrogens is 191 g/mol. The Morgan fingerprint density at radius 3 is 1.93 bits per heavy atom. The summed E-state index contributed by atoms with van der Waals surface area (Å²) < 4.78 is 5.93. The van der Waals surface area contributed by atoms with E-state index in [9.17, 15) is 0 Å². The van der Waals surface area contributed by atoms with E-state index >= 15 is 0 Å². The van der Waals surface area contributed by atoms with Crippen molar-refractivity contribution in [1.82, 2.24) is 0 Å². The van der Waals surface area contributed by atoms with Gasteiger partial charge in [0.2, 0.25) is 0 Å². The van der Waals surface area contributed by atoms with Gasteiger partial charge in [-0.25, -0.2) is 0 Å². The van der Waals surface area contributed by atoms with Crippen molar-refractivity contribution in [1.29, 1.82) is 0 Å². The zero-order valence-electron chi connectivity index (χ0n) is 10.2. The molecule has 0 heterocycles. The number of unbranched alkanes of at least 4 members (excludes halogenated alkanes) is 3. The highest BCUT2D eigenvalue weighted by atomic mass is 31.1. The molecular formula is C12H27OP. The van der Waals surface area contributed by atoms with Crippen molar-refractivity contribution in [3.8, 4) is 0 Å². The standard InChI is InChI=1S/C12H27OP/c1-4-7-8-9-10-13-14(11-5-2)12-6-3/h4-12H2,1-3H3. The molecule has 0 amide bonds. The van der Waals surface area contributed by atoms with Crippen LogP contribution in [0.25, 0.3) is 0 Å². The molecule has 0 radical (unpaired) electrons. The van der Waals surface area contributed by atoms with Crippen LogP contribution in [0.4, 0.5) is 0 Å². The number of rotatable bonds is 10. The summed E-state index contributed by atoms with van der Waals surface area (Å²) in [7, 11) is -0.0817. The summed E-state index contributed by atoms with van der Waals surface area (Å²) >= 11 is 0. The predicted octanol–water partition coefficient (Wildman–Crippen LogP) is 4.80. The monoisotopic (exact) mass is 218 g/mol. The maximum Gasteiger partial charge on any atom is 0.0508 e. The van der Waals surface area contributed by atoms with Gasteiger partial charge in [0, 0.05) is 8.15 Å². The molecule has 0 aliphatic rings. The summed E-state index contributed by atoms with van der Waals surface area (Å²) in [6.07, 6.45) is 10.5. The Morgan fingerprint density at radius 2 is 1.43 bits per heavy atom. The summed E-state index contributed by atoms with van der Waals surface area (Å²) in [6, 6.07) is 0. The minimum atomic E-state index is -0.0817. The van der Waals surface area contributed by atoms with Crippen molar-refractivity contribution in [3.63, 3.8) is 0 Å². The summed E-state index contributed by atoms with van der Waals surface area (Å²) in [6.45, 7) is 7.77. The molecule has 0 aromatic heterocycles. The van der Waals surface area contributed by atoms with Gasteiger partial charge in [-0.2, -0.15) is 0 Å². The average Bonchev–Trinajstić information content (AvgIpc) is 2.18. The maximum atomic E-state index is 5.93. The molecule has 0 bridgehead atoms. The first kappa shape index (κ1) is 14.4. The molecule has 0 aliphatic heterocycles. The molecule has 0 N–H and O–H groups in total. The van der Waals surface area contributed by atoms with Crippen molar-refractivity contribution in [2.75, 3.05) is 18.9 Å². The van der Waals surface area contributed by atoms with Crippen LogP contribution in [-0.2, 0) is 4.52 Å². The fourth-order valence-corrected chi connectivity index (χ4v) is 3.33. The van der Waals surface area contributed by atoms with Gasteiger partial charge in [-0.15, -0.1) is 0 Å². The highest BCUT2D eigenvalue weighted by Gasteiger charge is 2.05. The smallest absolute Gasteiger partial charge is 0.0508 e. The maximum absolute atomic E-state index is 5.93. The fourth-order valence-electron chi connectivity index (χ4n) is 1.46. The lowest BCUT2D eigenvalue weighted by Gasteiger charge is -2.16. The highest BCUT2D eigenvalue weighted by Crippen LogP contribution is 2.38.